The van der Waals surface area contributed by atoms with Crippen molar-refractivity contribution in [3.8, 4) is 0 Å². The molecule has 2 fully saturated rings. The molecule has 1 aromatic heterocycles. The molecule has 2 N–H and O–H groups in total. The number of aromatic nitrogens is 2. The number of benzene rings is 2. The Kier molecular flexibility index (Phi) is 5.27. The van der Waals surface area contributed by atoms with Gasteiger partial charge in [-0.2, -0.15) is 0 Å². The molecule has 0 bridgehead atoms. The molecule has 1 unspecified atom stereocenters. The number of nitrogens with zero attached hydrogens (tertiary/aromatic N) is 2. The molecule has 31 heavy (non-hydrogen) atoms. The summed E-state index contributed by atoms with van der Waals surface area (Å²) in [6.45, 7) is 0.623. The molecule has 1 saturated heterocycles. The minimum Gasteiger partial charge on any atom is -0.340 e. The monoisotopic (exact) mass is 438 g/mol. The van der Waals surface area contributed by atoms with Crippen LogP contribution in [0.5, 0.6) is 0 Å². The molecular formula is C23H26N4O3S. The van der Waals surface area contributed by atoms with E-state index < -0.39 is 10.0 Å². The van der Waals surface area contributed by atoms with Gasteiger partial charge in [-0.15, -0.1) is 0 Å². The Morgan fingerprint density at radius 1 is 1.03 bits per heavy atom. The highest BCUT2D eigenvalue weighted by molar-refractivity contribution is 7.89. The molecule has 1 saturated carbocycles. The van der Waals surface area contributed by atoms with Gasteiger partial charge in [0.25, 0.3) is 5.91 Å². The maximum atomic E-state index is 13.3. The number of likely N-dealkylation sites (tertiary alicyclic amines) is 1. The second-order valence-corrected chi connectivity index (χ2v) is 10.1. The number of H-pyrrole nitrogens is 1. The number of hydrogen-bond acceptors (Lipinski definition) is 4. The van der Waals surface area contributed by atoms with Crippen molar-refractivity contribution in [3.05, 3.63) is 59.9 Å². The number of amides is 1. The van der Waals surface area contributed by atoms with E-state index in [-0.39, 0.29) is 22.9 Å². The SMILES string of the molecule is O=C(c1cccc(S(=O)(=O)NC2CCCC2)c1)N1CCCC1c1nc2ccccc2[nH]1. The molecular weight excluding hydrogens is 412 g/mol. The summed E-state index contributed by atoms with van der Waals surface area (Å²) in [7, 11) is -3.65. The third kappa shape index (κ3) is 3.97. The van der Waals surface area contributed by atoms with Crippen molar-refractivity contribution in [1.29, 1.82) is 0 Å². The second kappa shape index (κ2) is 8.09. The van der Waals surface area contributed by atoms with Gasteiger partial charge in [-0.1, -0.05) is 31.0 Å². The first kappa shape index (κ1) is 20.2. The van der Waals surface area contributed by atoms with Crippen molar-refractivity contribution in [1.82, 2.24) is 19.6 Å². The topological polar surface area (TPSA) is 95.2 Å². The number of carbonyl (C=O) groups is 1. The Labute approximate surface area is 181 Å². The van der Waals surface area contributed by atoms with Gasteiger partial charge in [0, 0.05) is 18.2 Å². The van der Waals surface area contributed by atoms with Crippen LogP contribution >= 0.6 is 0 Å². The first-order chi connectivity index (χ1) is 15.0. The predicted molar refractivity (Wildman–Crippen MR) is 118 cm³/mol. The van der Waals surface area contributed by atoms with Crippen molar-refractivity contribution in [2.45, 2.75) is 55.5 Å². The summed E-state index contributed by atoms with van der Waals surface area (Å²) in [5, 5.41) is 0. The van der Waals surface area contributed by atoms with Gasteiger partial charge in [-0.05, 0) is 56.0 Å². The zero-order chi connectivity index (χ0) is 21.4. The Balaban J connectivity index is 1.39. The molecule has 1 aliphatic carbocycles. The Hall–Kier alpha value is -2.71. The third-order valence-electron chi connectivity index (χ3n) is 6.31. The highest BCUT2D eigenvalue weighted by Crippen LogP contribution is 2.33. The average Bonchev–Trinajstić information content (AvgIpc) is 3.52. The van der Waals surface area contributed by atoms with Crippen molar-refractivity contribution in [2.75, 3.05) is 6.54 Å². The van der Waals surface area contributed by atoms with Gasteiger partial charge >= 0.3 is 0 Å². The second-order valence-electron chi connectivity index (χ2n) is 8.43. The van der Waals surface area contributed by atoms with Crippen LogP contribution in [0, 0.1) is 0 Å². The van der Waals surface area contributed by atoms with E-state index in [0.717, 1.165) is 55.4 Å². The van der Waals surface area contributed by atoms with Gasteiger partial charge in [0.05, 0.1) is 22.0 Å². The fourth-order valence-electron chi connectivity index (χ4n) is 4.72. The lowest BCUT2D eigenvalue weighted by atomic mass is 10.1. The summed E-state index contributed by atoms with van der Waals surface area (Å²) in [6.07, 6.45) is 5.53. The molecule has 1 atom stereocenters. The van der Waals surface area contributed by atoms with Crippen LogP contribution in [0.3, 0.4) is 0 Å². The molecule has 2 aliphatic rings. The number of hydrogen-bond donors (Lipinski definition) is 2. The van der Waals surface area contributed by atoms with E-state index in [1.54, 1.807) is 23.1 Å². The summed E-state index contributed by atoms with van der Waals surface area (Å²) in [5.74, 6) is 0.611. The van der Waals surface area contributed by atoms with Crippen LogP contribution in [0.2, 0.25) is 0 Å². The van der Waals surface area contributed by atoms with E-state index in [9.17, 15) is 13.2 Å². The molecule has 7 nitrogen and oxygen atoms in total. The number of nitrogens with one attached hydrogen (secondary N) is 2. The van der Waals surface area contributed by atoms with Crippen LogP contribution in [-0.2, 0) is 10.0 Å². The average molecular weight is 439 g/mol. The molecule has 0 spiro atoms. The minimum absolute atomic E-state index is 0.0135. The Morgan fingerprint density at radius 2 is 1.84 bits per heavy atom. The highest BCUT2D eigenvalue weighted by Gasteiger charge is 2.33. The number of sulfonamides is 1. The Morgan fingerprint density at radius 3 is 2.65 bits per heavy atom. The van der Waals surface area contributed by atoms with Crippen molar-refractivity contribution >= 4 is 27.0 Å². The molecule has 2 aromatic carbocycles. The first-order valence-corrected chi connectivity index (χ1v) is 12.4. The first-order valence-electron chi connectivity index (χ1n) is 10.9. The third-order valence-corrected chi connectivity index (χ3v) is 7.82. The standard InChI is InChI=1S/C23H26N4O3S/c28-23(16-7-5-10-18(15-16)31(29,30)26-17-8-1-2-9-17)27-14-6-13-21(27)22-24-19-11-3-4-12-20(19)25-22/h3-5,7,10-12,15,17,21,26H,1-2,6,8-9,13-14H2,(H,24,25). The van der Waals surface area contributed by atoms with Crippen molar-refractivity contribution in [3.63, 3.8) is 0 Å². The van der Waals surface area contributed by atoms with Gasteiger partial charge < -0.3 is 9.88 Å². The maximum absolute atomic E-state index is 13.3. The number of para-hydroxylation sites is 2. The van der Waals surface area contributed by atoms with Gasteiger partial charge in [0.1, 0.15) is 5.82 Å². The summed E-state index contributed by atoms with van der Waals surface area (Å²) in [6, 6.07) is 14.0. The summed E-state index contributed by atoms with van der Waals surface area (Å²) >= 11 is 0. The van der Waals surface area contributed by atoms with E-state index >= 15 is 0 Å². The van der Waals surface area contributed by atoms with Crippen LogP contribution in [0.15, 0.2) is 53.4 Å². The van der Waals surface area contributed by atoms with Crippen LogP contribution in [0.25, 0.3) is 11.0 Å². The van der Waals surface area contributed by atoms with Gasteiger partial charge in [-0.25, -0.2) is 18.1 Å². The molecule has 162 valence electrons. The lowest BCUT2D eigenvalue weighted by Gasteiger charge is -2.23. The van der Waals surface area contributed by atoms with Gasteiger partial charge in [-0.3, -0.25) is 4.79 Å². The summed E-state index contributed by atoms with van der Waals surface area (Å²) in [4.78, 5) is 23.3. The minimum atomic E-state index is -3.65. The molecule has 0 radical (unpaired) electrons. The molecule has 5 rings (SSSR count). The molecule has 1 amide bonds. The van der Waals surface area contributed by atoms with E-state index in [1.807, 2.05) is 24.3 Å². The van der Waals surface area contributed by atoms with Crippen LogP contribution in [-0.4, -0.2) is 41.8 Å². The van der Waals surface area contributed by atoms with Gasteiger partial charge in [0.2, 0.25) is 10.0 Å². The molecule has 2 heterocycles. The summed E-state index contributed by atoms with van der Waals surface area (Å²) < 4.78 is 28.4. The van der Waals surface area contributed by atoms with Gasteiger partial charge in [0.15, 0.2) is 0 Å². The number of carbonyl (C=O) groups excluding carboxylic acids is 1. The molecule has 1 aliphatic heterocycles. The quantitative estimate of drug-likeness (QED) is 0.634. The smallest absolute Gasteiger partial charge is 0.254 e. The van der Waals surface area contributed by atoms with Crippen molar-refractivity contribution in [2.24, 2.45) is 0 Å². The number of imidazole rings is 1. The van der Waals surface area contributed by atoms with E-state index in [2.05, 4.69) is 14.7 Å². The van der Waals surface area contributed by atoms with E-state index in [0.29, 0.717) is 12.1 Å². The lowest BCUT2D eigenvalue weighted by molar-refractivity contribution is 0.0730. The van der Waals surface area contributed by atoms with Crippen molar-refractivity contribution < 1.29 is 13.2 Å². The van der Waals surface area contributed by atoms with E-state index in [4.69, 9.17) is 0 Å². The molecule has 3 aromatic rings. The fraction of sp³-hybridized carbons (Fsp3) is 0.391. The number of aromatic amines is 1. The summed E-state index contributed by atoms with van der Waals surface area (Å²) in [5.41, 5.74) is 2.21. The Bertz CT molecular complexity index is 1180. The highest BCUT2D eigenvalue weighted by atomic mass is 32.2. The maximum Gasteiger partial charge on any atom is 0.254 e. The zero-order valence-corrected chi connectivity index (χ0v) is 18.1. The number of rotatable bonds is 5. The molecule has 8 heteroatoms. The lowest BCUT2D eigenvalue weighted by Crippen LogP contribution is -2.33. The fourth-order valence-corrected chi connectivity index (χ4v) is 6.07. The normalized spacial score (nSPS) is 20.0. The largest absolute Gasteiger partial charge is 0.340 e. The zero-order valence-electron chi connectivity index (χ0n) is 17.3. The van der Waals surface area contributed by atoms with Crippen LogP contribution < -0.4 is 4.72 Å². The van der Waals surface area contributed by atoms with Crippen LogP contribution in [0.1, 0.15) is 60.7 Å². The predicted octanol–water partition coefficient (Wildman–Crippen LogP) is 3.76. The van der Waals surface area contributed by atoms with E-state index in [1.165, 1.54) is 6.07 Å². The van der Waals surface area contributed by atoms with Crippen LogP contribution in [0.4, 0.5) is 0 Å². The number of fused-ring (bicyclic) bond motifs is 1.